The van der Waals surface area contributed by atoms with E-state index in [0.717, 1.165) is 46.5 Å². The Kier molecular flexibility index (Phi) is 4.78. The van der Waals surface area contributed by atoms with Crippen molar-refractivity contribution < 1.29 is 9.18 Å². The molecular weight excluding hydrogens is 393 g/mol. The minimum atomic E-state index is -0.298. The van der Waals surface area contributed by atoms with Crippen molar-refractivity contribution in [3.8, 4) is 11.1 Å². The Morgan fingerprint density at radius 3 is 2.84 bits per heavy atom. The number of para-hydroxylation sites is 1. The fourth-order valence-electron chi connectivity index (χ4n) is 4.65. The number of anilines is 1. The van der Waals surface area contributed by atoms with Gasteiger partial charge in [0.05, 0.1) is 12.7 Å². The van der Waals surface area contributed by atoms with Gasteiger partial charge in [0.25, 0.3) is 0 Å². The quantitative estimate of drug-likeness (QED) is 0.706. The van der Waals surface area contributed by atoms with E-state index in [4.69, 9.17) is 0 Å². The van der Waals surface area contributed by atoms with E-state index in [-0.39, 0.29) is 11.7 Å². The van der Waals surface area contributed by atoms with E-state index in [9.17, 15) is 4.79 Å². The number of pyridine rings is 1. The van der Waals surface area contributed by atoms with Crippen LogP contribution in [0.25, 0.3) is 27.7 Å². The van der Waals surface area contributed by atoms with Crippen molar-refractivity contribution in [3.63, 3.8) is 0 Å². The highest BCUT2D eigenvalue weighted by Gasteiger charge is 2.28. The van der Waals surface area contributed by atoms with Gasteiger partial charge >= 0.3 is 0 Å². The Hall–Kier alpha value is -3.19. The van der Waals surface area contributed by atoms with Crippen LogP contribution in [0, 0.1) is 5.82 Å². The van der Waals surface area contributed by atoms with Gasteiger partial charge in [-0.1, -0.05) is 24.3 Å². The van der Waals surface area contributed by atoms with E-state index >= 15 is 4.39 Å². The summed E-state index contributed by atoms with van der Waals surface area (Å²) in [5.74, 6) is -0.189. The van der Waals surface area contributed by atoms with Crippen LogP contribution in [-0.2, 0) is 11.3 Å². The minimum Gasteiger partial charge on any atom is -0.370 e. The Morgan fingerprint density at radius 2 is 2.10 bits per heavy atom. The third-order valence-electron chi connectivity index (χ3n) is 6.33. The summed E-state index contributed by atoms with van der Waals surface area (Å²) in [6.45, 7) is 2.62. The number of aromatic amines is 1. The second-order valence-corrected chi connectivity index (χ2v) is 8.56. The zero-order chi connectivity index (χ0) is 21.7. The van der Waals surface area contributed by atoms with Gasteiger partial charge in [0.2, 0.25) is 5.91 Å². The molecule has 1 amide bonds. The van der Waals surface area contributed by atoms with Gasteiger partial charge in [-0.05, 0) is 18.1 Å². The third kappa shape index (κ3) is 3.29. The lowest BCUT2D eigenvalue weighted by Gasteiger charge is -2.27. The zero-order valence-electron chi connectivity index (χ0n) is 18.1. The second-order valence-electron chi connectivity index (χ2n) is 8.56. The number of benzene rings is 1. The first kappa shape index (κ1) is 19.8. The van der Waals surface area contributed by atoms with E-state index < -0.39 is 0 Å². The molecule has 0 radical (unpaired) electrons. The van der Waals surface area contributed by atoms with Crippen LogP contribution in [0.4, 0.5) is 10.1 Å². The number of fused-ring (bicyclic) bond motifs is 2. The maximum Gasteiger partial charge on any atom is 0.236 e. The molecule has 5 rings (SSSR count). The van der Waals surface area contributed by atoms with E-state index in [1.165, 1.54) is 11.8 Å². The first-order valence-electron chi connectivity index (χ1n) is 10.6. The molecule has 0 unspecified atom stereocenters. The maximum atomic E-state index is 15.1. The second kappa shape index (κ2) is 7.50. The summed E-state index contributed by atoms with van der Waals surface area (Å²) in [6, 6.07) is 7.95. The Labute approximate surface area is 181 Å². The molecule has 0 aliphatic carbocycles. The normalized spacial score (nSPS) is 16.1. The first-order chi connectivity index (χ1) is 14.9. The van der Waals surface area contributed by atoms with Crippen LogP contribution in [-0.4, -0.2) is 66.5 Å². The molecule has 7 heteroatoms. The van der Waals surface area contributed by atoms with Crippen LogP contribution in [0.2, 0.25) is 0 Å². The fraction of sp³-hybridized carbons (Fsp3) is 0.333. The van der Waals surface area contributed by atoms with Crippen LogP contribution < -0.4 is 4.90 Å². The molecule has 1 N–H and O–H groups in total. The van der Waals surface area contributed by atoms with Crippen molar-refractivity contribution >= 4 is 28.2 Å². The molecule has 0 fully saturated rings. The van der Waals surface area contributed by atoms with Gasteiger partial charge in [-0.2, -0.15) is 0 Å². The minimum absolute atomic E-state index is 0.109. The molecule has 0 saturated carbocycles. The number of carbonyl (C=O) groups excluding carboxylic acids is 1. The lowest BCUT2D eigenvalue weighted by atomic mass is 9.97. The molecule has 3 aromatic rings. The van der Waals surface area contributed by atoms with Gasteiger partial charge in [-0.15, -0.1) is 0 Å². The molecule has 0 atom stereocenters. The number of hydrogen-bond donors (Lipinski definition) is 1. The van der Waals surface area contributed by atoms with Crippen molar-refractivity contribution in [1.82, 2.24) is 19.8 Å². The molecule has 0 bridgehead atoms. The number of amides is 1. The molecule has 0 spiro atoms. The molecule has 2 aliphatic rings. The fourth-order valence-corrected chi connectivity index (χ4v) is 4.65. The number of aromatic nitrogens is 2. The van der Waals surface area contributed by atoms with Crippen molar-refractivity contribution in [2.45, 2.75) is 13.0 Å². The van der Waals surface area contributed by atoms with Gasteiger partial charge < -0.3 is 14.8 Å². The number of carbonyl (C=O) groups is 1. The van der Waals surface area contributed by atoms with Crippen LogP contribution in [0.1, 0.15) is 17.7 Å². The van der Waals surface area contributed by atoms with Crippen molar-refractivity contribution in [2.75, 3.05) is 45.7 Å². The number of hydrogen-bond acceptors (Lipinski definition) is 4. The average Bonchev–Trinajstić information content (AvgIpc) is 3.05. The summed E-state index contributed by atoms with van der Waals surface area (Å²) < 4.78 is 15.1. The first-order valence-corrected chi connectivity index (χ1v) is 10.6. The number of nitrogens with zero attached hydrogens (tertiary/aromatic N) is 4. The monoisotopic (exact) mass is 419 g/mol. The van der Waals surface area contributed by atoms with Gasteiger partial charge in [-0.25, -0.2) is 9.37 Å². The van der Waals surface area contributed by atoms with E-state index in [1.54, 1.807) is 19.0 Å². The highest BCUT2D eigenvalue weighted by Crippen LogP contribution is 2.44. The molecule has 6 nitrogen and oxygen atoms in total. The predicted molar refractivity (Wildman–Crippen MR) is 121 cm³/mol. The maximum absolute atomic E-state index is 15.1. The molecule has 2 aromatic heterocycles. The number of H-pyrrole nitrogens is 1. The van der Waals surface area contributed by atoms with E-state index in [0.29, 0.717) is 25.2 Å². The largest absolute Gasteiger partial charge is 0.370 e. The summed E-state index contributed by atoms with van der Waals surface area (Å²) in [5.41, 5.74) is 6.57. The lowest BCUT2D eigenvalue weighted by molar-refractivity contribution is -0.129. The molecule has 31 heavy (non-hydrogen) atoms. The zero-order valence-corrected chi connectivity index (χ0v) is 18.1. The molecule has 160 valence electrons. The summed E-state index contributed by atoms with van der Waals surface area (Å²) >= 11 is 0. The van der Waals surface area contributed by atoms with Gasteiger partial charge in [0.15, 0.2) is 0 Å². The van der Waals surface area contributed by atoms with Crippen LogP contribution in [0.5, 0.6) is 0 Å². The van der Waals surface area contributed by atoms with Gasteiger partial charge in [-0.3, -0.25) is 9.69 Å². The molecule has 1 aromatic carbocycles. The molecule has 2 aliphatic heterocycles. The highest BCUT2D eigenvalue weighted by atomic mass is 19.1. The van der Waals surface area contributed by atoms with Crippen LogP contribution >= 0.6 is 0 Å². The van der Waals surface area contributed by atoms with Crippen LogP contribution in [0.3, 0.4) is 0 Å². The standard InChI is InChI=1S/C24H26FN5O/c1-28(2)20(31)14-30-10-8-15(9-11-30)23-17-13-29(3)19-7-5-4-6-16(19)21-18(25)12-26-24(27-23)22(17)21/h4-8,12H,9-11,13-14H2,1-3H3,(H,26,27). The topological polar surface area (TPSA) is 55.5 Å². The van der Waals surface area contributed by atoms with Gasteiger partial charge in [0, 0.05) is 74.2 Å². The lowest BCUT2D eigenvalue weighted by Crippen LogP contribution is -2.38. The van der Waals surface area contributed by atoms with Gasteiger partial charge in [0.1, 0.15) is 11.5 Å². The Balaban J connectivity index is 1.58. The summed E-state index contributed by atoms with van der Waals surface area (Å²) in [7, 11) is 5.61. The Bertz CT molecular complexity index is 1210. The van der Waals surface area contributed by atoms with E-state index in [2.05, 4.69) is 25.8 Å². The predicted octanol–water partition coefficient (Wildman–Crippen LogP) is 3.50. The van der Waals surface area contributed by atoms with E-state index in [1.807, 2.05) is 31.3 Å². The van der Waals surface area contributed by atoms with Crippen molar-refractivity contribution in [1.29, 1.82) is 0 Å². The number of likely N-dealkylation sites (N-methyl/N-ethyl adjacent to an activating group) is 1. The number of nitrogens with one attached hydrogen (secondary N) is 1. The third-order valence-corrected chi connectivity index (χ3v) is 6.33. The SMILES string of the molecule is CN(C)C(=O)CN1CC=C(c2[nH]c3ncc(F)c4c3c2CN(C)c2ccccc2-4)CC1. The summed E-state index contributed by atoms with van der Waals surface area (Å²) in [6.07, 6.45) is 4.32. The average molecular weight is 420 g/mol. The molecular formula is C24H26FN5O. The molecule has 4 heterocycles. The molecule has 0 saturated heterocycles. The summed E-state index contributed by atoms with van der Waals surface area (Å²) in [4.78, 5) is 25.9. The highest BCUT2D eigenvalue weighted by molar-refractivity contribution is 6.03. The summed E-state index contributed by atoms with van der Waals surface area (Å²) in [5, 5.41) is 0.873. The van der Waals surface area contributed by atoms with Crippen LogP contribution in [0.15, 0.2) is 36.5 Å². The Morgan fingerprint density at radius 1 is 1.29 bits per heavy atom. The van der Waals surface area contributed by atoms with Crippen molar-refractivity contribution in [3.05, 3.63) is 53.6 Å². The number of halogens is 1. The number of rotatable bonds is 3. The smallest absolute Gasteiger partial charge is 0.236 e. The van der Waals surface area contributed by atoms with Crippen molar-refractivity contribution in [2.24, 2.45) is 0 Å².